The summed E-state index contributed by atoms with van der Waals surface area (Å²) in [5.74, 6) is 2.32. The second kappa shape index (κ2) is 7.81. The van der Waals surface area contributed by atoms with Crippen LogP contribution in [0.1, 0.15) is 12.0 Å². The van der Waals surface area contributed by atoms with Crippen molar-refractivity contribution in [3.63, 3.8) is 0 Å². The Morgan fingerprint density at radius 1 is 0.905 bits per heavy atom. The lowest BCUT2D eigenvalue weighted by molar-refractivity contribution is 0.247. The molecule has 0 unspecified atom stereocenters. The van der Waals surface area contributed by atoms with E-state index in [-0.39, 0.29) is 0 Å². The number of methoxy groups -OCH3 is 1. The number of hydrogen-bond donors (Lipinski definition) is 0. The fourth-order valence-corrected chi connectivity index (χ4v) is 1.77. The molecule has 0 radical (unpaired) electrons. The van der Waals surface area contributed by atoms with Crippen molar-refractivity contribution in [1.29, 1.82) is 5.26 Å². The zero-order chi connectivity index (χ0) is 14.9. The Labute approximate surface area is 124 Å². The van der Waals surface area contributed by atoms with Crippen molar-refractivity contribution in [2.45, 2.75) is 6.42 Å². The number of hydrogen-bond acceptors (Lipinski definition) is 4. The molecule has 0 saturated heterocycles. The number of nitrogens with zero attached hydrogens (tertiary/aromatic N) is 1. The number of rotatable bonds is 7. The van der Waals surface area contributed by atoms with Crippen molar-refractivity contribution in [2.24, 2.45) is 0 Å². The molecule has 0 amide bonds. The minimum absolute atomic E-state index is 0.547. The van der Waals surface area contributed by atoms with Crippen molar-refractivity contribution < 1.29 is 14.2 Å². The molecule has 2 rings (SSSR count). The van der Waals surface area contributed by atoms with Gasteiger partial charge in [0.2, 0.25) is 0 Å². The fourth-order valence-electron chi connectivity index (χ4n) is 1.77. The molecule has 0 bridgehead atoms. The van der Waals surface area contributed by atoms with Crippen LogP contribution >= 0.6 is 0 Å². The van der Waals surface area contributed by atoms with Gasteiger partial charge in [0.05, 0.1) is 32.0 Å². The molecule has 0 saturated carbocycles. The van der Waals surface area contributed by atoms with Gasteiger partial charge in [0, 0.05) is 6.42 Å². The van der Waals surface area contributed by atoms with Crippen LogP contribution in [0.2, 0.25) is 0 Å². The maximum atomic E-state index is 8.80. The molecule has 2 aromatic carbocycles. The molecule has 0 N–H and O–H groups in total. The average molecular weight is 283 g/mol. The molecular weight excluding hydrogens is 266 g/mol. The van der Waals surface area contributed by atoms with Crippen LogP contribution in [0.5, 0.6) is 17.2 Å². The maximum absolute atomic E-state index is 8.80. The van der Waals surface area contributed by atoms with E-state index in [1.165, 1.54) is 0 Å². The smallest absolute Gasteiger partial charge is 0.120 e. The second-order valence-electron chi connectivity index (χ2n) is 4.37. The normalized spacial score (nSPS) is 9.71. The quantitative estimate of drug-likeness (QED) is 0.731. The molecule has 0 aliphatic heterocycles. The maximum Gasteiger partial charge on any atom is 0.120 e. The molecule has 0 aliphatic carbocycles. The van der Waals surface area contributed by atoms with E-state index in [9.17, 15) is 0 Å². The number of ether oxygens (including phenoxy) is 3. The number of nitriles is 1. The van der Waals surface area contributed by atoms with Crippen molar-refractivity contribution in [3.05, 3.63) is 54.1 Å². The minimum Gasteiger partial charge on any atom is -0.497 e. The van der Waals surface area contributed by atoms with Gasteiger partial charge in [-0.1, -0.05) is 6.07 Å². The van der Waals surface area contributed by atoms with Gasteiger partial charge in [0.15, 0.2) is 0 Å². The highest BCUT2D eigenvalue weighted by Gasteiger charge is 1.98. The lowest BCUT2D eigenvalue weighted by Crippen LogP contribution is -2.05. The van der Waals surface area contributed by atoms with E-state index in [1.807, 2.05) is 36.4 Å². The topological polar surface area (TPSA) is 51.5 Å². The van der Waals surface area contributed by atoms with E-state index in [4.69, 9.17) is 19.5 Å². The van der Waals surface area contributed by atoms with Crippen molar-refractivity contribution in [1.82, 2.24) is 0 Å². The van der Waals surface area contributed by atoms with Gasteiger partial charge in [0.1, 0.15) is 17.2 Å². The molecule has 0 aromatic heterocycles. The van der Waals surface area contributed by atoms with Gasteiger partial charge in [-0.15, -0.1) is 0 Å². The third kappa shape index (κ3) is 4.73. The zero-order valence-electron chi connectivity index (χ0n) is 11.9. The minimum atomic E-state index is 0.547. The molecule has 4 nitrogen and oxygen atoms in total. The van der Waals surface area contributed by atoms with Gasteiger partial charge in [0.25, 0.3) is 0 Å². The van der Waals surface area contributed by atoms with Crippen molar-refractivity contribution in [3.8, 4) is 23.3 Å². The second-order valence-corrected chi connectivity index (χ2v) is 4.37. The van der Waals surface area contributed by atoms with E-state index >= 15 is 0 Å². The van der Waals surface area contributed by atoms with Gasteiger partial charge in [-0.25, -0.2) is 0 Å². The summed E-state index contributed by atoms with van der Waals surface area (Å²) in [6.45, 7) is 1.12. The predicted octanol–water partition coefficient (Wildman–Crippen LogP) is 3.41. The van der Waals surface area contributed by atoms with Crippen LogP contribution in [0.25, 0.3) is 0 Å². The van der Waals surface area contributed by atoms with Crippen LogP contribution in [-0.2, 0) is 0 Å². The highest BCUT2D eigenvalue weighted by atomic mass is 16.5. The molecule has 0 spiro atoms. The molecule has 0 fully saturated rings. The first-order valence-electron chi connectivity index (χ1n) is 6.71. The summed E-state index contributed by atoms with van der Waals surface area (Å²) >= 11 is 0. The van der Waals surface area contributed by atoms with Gasteiger partial charge in [-0.05, 0) is 42.5 Å². The Bertz CT molecular complexity index is 602. The highest BCUT2D eigenvalue weighted by molar-refractivity contribution is 5.36. The molecule has 108 valence electrons. The van der Waals surface area contributed by atoms with Gasteiger partial charge >= 0.3 is 0 Å². The number of benzene rings is 2. The summed E-state index contributed by atoms with van der Waals surface area (Å²) < 4.78 is 16.3. The average Bonchev–Trinajstić information content (AvgIpc) is 2.55. The summed E-state index contributed by atoms with van der Waals surface area (Å²) in [6.07, 6.45) is 0.767. The summed E-state index contributed by atoms with van der Waals surface area (Å²) in [7, 11) is 1.63. The lowest BCUT2D eigenvalue weighted by atomic mass is 10.2. The Morgan fingerprint density at radius 2 is 1.57 bits per heavy atom. The summed E-state index contributed by atoms with van der Waals surface area (Å²) in [6, 6.07) is 16.7. The van der Waals surface area contributed by atoms with Crippen molar-refractivity contribution in [2.75, 3.05) is 20.3 Å². The summed E-state index contributed by atoms with van der Waals surface area (Å²) in [5, 5.41) is 8.80. The first-order valence-corrected chi connectivity index (χ1v) is 6.71. The largest absolute Gasteiger partial charge is 0.497 e. The first kappa shape index (κ1) is 14.7. The van der Waals surface area contributed by atoms with E-state index < -0.39 is 0 Å². The van der Waals surface area contributed by atoms with Gasteiger partial charge < -0.3 is 14.2 Å². The van der Waals surface area contributed by atoms with Crippen LogP contribution in [0, 0.1) is 11.3 Å². The molecule has 2 aromatic rings. The van der Waals surface area contributed by atoms with E-state index in [1.54, 1.807) is 19.2 Å². The van der Waals surface area contributed by atoms with E-state index in [0.717, 1.165) is 17.9 Å². The SMILES string of the molecule is COc1ccc(OCCCOc2cccc(C#N)c2)cc1. The summed E-state index contributed by atoms with van der Waals surface area (Å²) in [5.41, 5.74) is 0.599. The Balaban J connectivity index is 1.68. The predicted molar refractivity (Wildman–Crippen MR) is 79.8 cm³/mol. The third-order valence-corrected chi connectivity index (χ3v) is 2.85. The van der Waals surface area contributed by atoms with Gasteiger partial charge in [-0.2, -0.15) is 5.26 Å². The Hall–Kier alpha value is -2.67. The van der Waals surface area contributed by atoms with E-state index in [0.29, 0.717) is 24.5 Å². The third-order valence-electron chi connectivity index (χ3n) is 2.85. The Kier molecular flexibility index (Phi) is 5.48. The Morgan fingerprint density at radius 3 is 2.24 bits per heavy atom. The molecule has 0 heterocycles. The van der Waals surface area contributed by atoms with Crippen molar-refractivity contribution >= 4 is 0 Å². The molecule has 4 heteroatoms. The van der Waals surface area contributed by atoms with Crippen LogP contribution in [0.4, 0.5) is 0 Å². The zero-order valence-corrected chi connectivity index (χ0v) is 11.9. The van der Waals surface area contributed by atoms with Crippen LogP contribution < -0.4 is 14.2 Å². The van der Waals surface area contributed by atoms with Crippen LogP contribution in [0.3, 0.4) is 0 Å². The summed E-state index contributed by atoms with van der Waals surface area (Å²) in [4.78, 5) is 0. The first-order chi connectivity index (χ1) is 10.3. The highest BCUT2D eigenvalue weighted by Crippen LogP contribution is 2.17. The molecule has 21 heavy (non-hydrogen) atoms. The lowest BCUT2D eigenvalue weighted by Gasteiger charge is -2.08. The fraction of sp³-hybridized carbons (Fsp3) is 0.235. The van der Waals surface area contributed by atoms with Crippen LogP contribution in [0.15, 0.2) is 48.5 Å². The molecule has 0 atom stereocenters. The standard InChI is InChI=1S/C17H17NO3/c1-19-15-6-8-16(9-7-15)20-10-3-11-21-17-5-2-4-14(12-17)13-18/h2,4-9,12H,3,10-11H2,1H3. The van der Waals surface area contributed by atoms with Crippen LogP contribution in [-0.4, -0.2) is 20.3 Å². The monoisotopic (exact) mass is 283 g/mol. The van der Waals surface area contributed by atoms with E-state index in [2.05, 4.69) is 6.07 Å². The molecular formula is C17H17NO3. The van der Waals surface area contributed by atoms with Gasteiger partial charge in [-0.3, -0.25) is 0 Å². The molecule has 0 aliphatic rings.